The zero-order valence-corrected chi connectivity index (χ0v) is 31.2. The minimum absolute atomic E-state index is 0.288. The lowest BCUT2D eigenvalue weighted by atomic mass is 9.97. The first kappa shape index (κ1) is 46.0. The Kier molecular flexibility index (Phi) is 16.8. The second-order valence-electron chi connectivity index (χ2n) is 11.8. The van der Waals surface area contributed by atoms with E-state index < -0.39 is 122 Å². The topological polar surface area (TPSA) is 344 Å². The minimum Gasteiger partial charge on any atom is -0.456 e. The lowest BCUT2D eigenvalue weighted by molar-refractivity contribution is -0.373. The monoisotopic (exact) mass is 807 g/mol. The molecule has 0 saturated carbocycles. The third-order valence-corrected chi connectivity index (χ3v) is 7.50. The van der Waals surface area contributed by atoms with Gasteiger partial charge >= 0.3 is 47.9 Å². The van der Waals surface area contributed by atoms with Crippen molar-refractivity contribution in [2.45, 2.75) is 89.4 Å². The van der Waals surface area contributed by atoms with Gasteiger partial charge in [0, 0.05) is 68.9 Å². The van der Waals surface area contributed by atoms with E-state index in [0.717, 1.165) is 55.8 Å². The van der Waals surface area contributed by atoms with Crippen LogP contribution >= 0.6 is 0 Å². The third-order valence-electron chi connectivity index (χ3n) is 7.50. The maximum atomic E-state index is 12.8. The zero-order chi connectivity index (χ0) is 42.5. The maximum absolute atomic E-state index is 12.8. The molecule has 9 atom stereocenters. The summed E-state index contributed by atoms with van der Waals surface area (Å²) in [6.45, 7) is 2.39. The van der Waals surface area contributed by atoms with Crippen LogP contribution in [0.5, 0.6) is 0 Å². The number of ether oxygens (including phenoxy) is 8. The molecule has 0 aromatic carbocycles. The Hall–Kier alpha value is -6.16. The van der Waals surface area contributed by atoms with Gasteiger partial charge in [-0.1, -0.05) is 0 Å². The number of amides is 6. The summed E-state index contributed by atoms with van der Waals surface area (Å²) in [6, 6.07) is -3.40. The van der Waals surface area contributed by atoms with Crippen molar-refractivity contribution in [2.75, 3.05) is 40.8 Å². The van der Waals surface area contributed by atoms with Crippen LogP contribution in [-0.2, 0) is 61.9 Å². The Bertz CT molecular complexity index is 1540. The standard InChI is InChI=1S/C28H41N9O19/c1-12(38)49-19-17(9-29-25(43)35(6)32-46)54-24(22(52-15(4)41)21(19)51-14(3)40)56-28(11-31-27(45)37(8)34-48)23(53-16(5)42)20(50-13(2)39)18(55-28)10-30-26(44)36(7)33-47/h17-24H,9-11H2,1-8H3,(H,29,43)(H,30,44)(H,31,45)/t17-,18+,19+,20-,21+,22-,23-,24+,28-/m0/s1. The van der Waals surface area contributed by atoms with Gasteiger partial charge in [0.1, 0.15) is 12.2 Å². The summed E-state index contributed by atoms with van der Waals surface area (Å²) < 4.78 is 45.6. The van der Waals surface area contributed by atoms with Gasteiger partial charge in [-0.2, -0.15) is 15.0 Å². The summed E-state index contributed by atoms with van der Waals surface area (Å²) in [4.78, 5) is 133. The average molecular weight is 808 g/mol. The van der Waals surface area contributed by atoms with E-state index in [1.165, 1.54) is 0 Å². The summed E-state index contributed by atoms with van der Waals surface area (Å²) >= 11 is 0. The highest BCUT2D eigenvalue weighted by atomic mass is 16.8. The van der Waals surface area contributed by atoms with Crippen molar-refractivity contribution in [1.82, 2.24) is 31.0 Å². The molecule has 0 radical (unpaired) electrons. The molecule has 0 aromatic heterocycles. The molecule has 0 spiro atoms. The van der Waals surface area contributed by atoms with Gasteiger partial charge in [-0.05, 0) is 0 Å². The quantitative estimate of drug-likeness (QED) is 0.0687. The van der Waals surface area contributed by atoms with E-state index in [0.29, 0.717) is 10.0 Å². The molecular weight excluding hydrogens is 766 g/mol. The van der Waals surface area contributed by atoms with E-state index in [1.54, 1.807) is 0 Å². The normalized spacial score (nSPS) is 26.5. The summed E-state index contributed by atoms with van der Waals surface area (Å²) in [5.74, 6) is -7.82. The van der Waals surface area contributed by atoms with Gasteiger partial charge < -0.3 is 53.8 Å². The van der Waals surface area contributed by atoms with Crippen LogP contribution in [-0.4, -0.2) is 159 Å². The van der Waals surface area contributed by atoms with Crippen LogP contribution < -0.4 is 16.0 Å². The van der Waals surface area contributed by atoms with Crippen molar-refractivity contribution in [3.8, 4) is 0 Å². The predicted octanol–water partition coefficient (Wildman–Crippen LogP) is -1.55. The highest BCUT2D eigenvalue weighted by molar-refractivity contribution is 5.74. The lowest BCUT2D eigenvalue weighted by Gasteiger charge is -2.47. The molecule has 2 aliphatic rings. The molecule has 2 rings (SSSR count). The smallest absolute Gasteiger partial charge is 0.340 e. The molecule has 28 nitrogen and oxygen atoms in total. The highest BCUT2D eigenvalue weighted by Gasteiger charge is 2.64. The van der Waals surface area contributed by atoms with Crippen LogP contribution in [0.25, 0.3) is 0 Å². The van der Waals surface area contributed by atoms with Crippen molar-refractivity contribution in [2.24, 2.45) is 15.9 Å². The molecule has 2 saturated heterocycles. The Morgan fingerprint density at radius 3 is 1.39 bits per heavy atom. The Labute approximate surface area is 316 Å². The van der Waals surface area contributed by atoms with E-state index >= 15 is 0 Å². The van der Waals surface area contributed by atoms with Crippen LogP contribution in [0.15, 0.2) is 15.9 Å². The average Bonchev–Trinajstić information content (AvgIpc) is 3.39. The molecule has 56 heavy (non-hydrogen) atoms. The second-order valence-corrected chi connectivity index (χ2v) is 11.8. The van der Waals surface area contributed by atoms with E-state index in [9.17, 15) is 53.1 Å². The number of hydrogen-bond donors (Lipinski definition) is 3. The van der Waals surface area contributed by atoms with Gasteiger partial charge in [0.15, 0.2) is 30.5 Å². The number of nitrogens with zero attached hydrogens (tertiary/aromatic N) is 6. The number of hydrogen-bond acceptors (Lipinski definition) is 22. The Morgan fingerprint density at radius 2 is 0.946 bits per heavy atom. The van der Waals surface area contributed by atoms with Crippen LogP contribution in [0.3, 0.4) is 0 Å². The molecule has 2 aliphatic heterocycles. The van der Waals surface area contributed by atoms with Crippen molar-refractivity contribution in [3.05, 3.63) is 14.7 Å². The van der Waals surface area contributed by atoms with Crippen LogP contribution in [0, 0.1) is 14.7 Å². The molecule has 0 aliphatic carbocycles. The number of carbonyl (C=O) groups is 8. The summed E-state index contributed by atoms with van der Waals surface area (Å²) in [7, 11) is 2.93. The highest BCUT2D eigenvalue weighted by Crippen LogP contribution is 2.40. The zero-order valence-electron chi connectivity index (χ0n) is 31.2. The molecular formula is C28H41N9O19. The van der Waals surface area contributed by atoms with Crippen LogP contribution in [0.1, 0.15) is 34.6 Å². The number of nitroso groups, excluding NO2 is 3. The first-order valence-electron chi connectivity index (χ1n) is 16.1. The fourth-order valence-electron chi connectivity index (χ4n) is 5.28. The molecule has 2 fully saturated rings. The van der Waals surface area contributed by atoms with E-state index in [1.807, 2.05) is 0 Å². The number of nitrogens with one attached hydrogen (secondary N) is 3. The Balaban J connectivity index is 2.88. The van der Waals surface area contributed by atoms with Gasteiger partial charge in [-0.25, -0.2) is 14.4 Å². The third kappa shape index (κ3) is 12.4. The first-order valence-corrected chi connectivity index (χ1v) is 16.1. The van der Waals surface area contributed by atoms with Gasteiger partial charge in [-0.15, -0.1) is 14.7 Å². The molecule has 0 unspecified atom stereocenters. The van der Waals surface area contributed by atoms with Crippen molar-refractivity contribution < 1.29 is 76.3 Å². The fourth-order valence-corrected chi connectivity index (χ4v) is 5.28. The van der Waals surface area contributed by atoms with Gasteiger partial charge in [0.05, 0.1) is 22.4 Å². The maximum Gasteiger partial charge on any atom is 0.340 e. The van der Waals surface area contributed by atoms with Gasteiger partial charge in [0.2, 0.25) is 12.1 Å². The van der Waals surface area contributed by atoms with E-state index in [-0.39, 0.29) is 5.01 Å². The summed E-state index contributed by atoms with van der Waals surface area (Å²) in [5, 5.41) is 15.1. The van der Waals surface area contributed by atoms with Crippen molar-refractivity contribution in [3.63, 3.8) is 0 Å². The minimum atomic E-state index is -2.68. The lowest BCUT2D eigenvalue weighted by Crippen LogP contribution is -2.67. The van der Waals surface area contributed by atoms with E-state index in [4.69, 9.17) is 37.9 Å². The first-order chi connectivity index (χ1) is 26.2. The van der Waals surface area contributed by atoms with Gasteiger partial charge in [-0.3, -0.25) is 24.0 Å². The molecule has 28 heteroatoms. The number of rotatable bonds is 16. The Morgan fingerprint density at radius 1 is 0.554 bits per heavy atom. The predicted molar refractivity (Wildman–Crippen MR) is 176 cm³/mol. The molecule has 0 aromatic rings. The summed E-state index contributed by atoms with van der Waals surface area (Å²) in [5.41, 5.74) is 0. The fraction of sp³-hybridized carbons (Fsp3) is 0.714. The molecule has 0 bridgehead atoms. The SMILES string of the molecule is CC(=O)O[C@H]1[C@H](OC(C)=O)[C@@H](O[C@]2(CNC(=O)N(C)N=O)O[C@H](CNC(=O)N(C)N=O)[C@H](OC(C)=O)[C@@H]2OC(C)=O)O[C@@H](CNC(=O)N(C)N=O)[C@H]1OC(C)=O. The number of urea groups is 3. The number of esters is 5. The second kappa shape index (κ2) is 20.5. The van der Waals surface area contributed by atoms with Gasteiger partial charge in [0.25, 0.3) is 0 Å². The molecule has 2 heterocycles. The summed E-state index contributed by atoms with van der Waals surface area (Å²) in [6.07, 6.45) is -14.5. The molecule has 3 N–H and O–H groups in total. The largest absolute Gasteiger partial charge is 0.456 e. The number of carbonyl (C=O) groups excluding carboxylic acids is 8. The van der Waals surface area contributed by atoms with Crippen LogP contribution in [0.2, 0.25) is 0 Å². The van der Waals surface area contributed by atoms with Crippen molar-refractivity contribution >= 4 is 47.9 Å². The van der Waals surface area contributed by atoms with E-state index in [2.05, 4.69) is 31.8 Å². The molecule has 6 amide bonds. The van der Waals surface area contributed by atoms with Crippen molar-refractivity contribution in [1.29, 1.82) is 0 Å². The van der Waals surface area contributed by atoms with Crippen LogP contribution in [0.4, 0.5) is 14.4 Å². The molecule has 312 valence electrons.